The highest BCUT2D eigenvalue weighted by molar-refractivity contribution is 6.30. The number of benzene rings is 1. The van der Waals surface area contributed by atoms with E-state index in [1.807, 2.05) is 36.5 Å². The summed E-state index contributed by atoms with van der Waals surface area (Å²) in [7, 11) is 0. The average molecular weight is 313 g/mol. The first kappa shape index (κ1) is 13.7. The van der Waals surface area contributed by atoms with Gasteiger partial charge in [-0.2, -0.15) is 0 Å². The zero-order chi connectivity index (χ0) is 14.9. The number of rotatable bonds is 3. The van der Waals surface area contributed by atoms with Crippen molar-refractivity contribution in [1.82, 2.24) is 19.9 Å². The highest BCUT2D eigenvalue weighted by Gasteiger charge is 2.23. The summed E-state index contributed by atoms with van der Waals surface area (Å²) in [5.41, 5.74) is 3.12. The van der Waals surface area contributed by atoms with Crippen LogP contribution in [0.4, 0.5) is 0 Å². The Bertz CT molecular complexity index is 805. The zero-order valence-electron chi connectivity index (χ0n) is 12.2. The van der Waals surface area contributed by atoms with E-state index in [0.29, 0.717) is 6.04 Å². The van der Waals surface area contributed by atoms with E-state index in [1.54, 1.807) is 0 Å². The molecular formula is C17H17ClN4. The second kappa shape index (κ2) is 5.71. The maximum Gasteiger partial charge on any atom is 0.160 e. The molecular weight excluding hydrogens is 296 g/mol. The van der Waals surface area contributed by atoms with Gasteiger partial charge in [-0.05, 0) is 42.8 Å². The zero-order valence-corrected chi connectivity index (χ0v) is 12.9. The molecule has 0 radical (unpaired) electrons. The predicted molar refractivity (Wildman–Crippen MR) is 88.3 cm³/mol. The molecule has 22 heavy (non-hydrogen) atoms. The van der Waals surface area contributed by atoms with Crippen molar-refractivity contribution in [3.63, 3.8) is 0 Å². The van der Waals surface area contributed by atoms with Crippen LogP contribution in [0.5, 0.6) is 0 Å². The molecule has 4 rings (SSSR count). The Balaban J connectivity index is 1.80. The number of nitrogens with zero attached hydrogens (tertiary/aromatic N) is 3. The Morgan fingerprint density at radius 1 is 1.27 bits per heavy atom. The second-order valence-electron chi connectivity index (χ2n) is 5.70. The SMILES string of the molecule is Clc1cccc(Cc2nc3cccnc3n2C2CCNC2)c1. The number of aromatic nitrogens is 3. The summed E-state index contributed by atoms with van der Waals surface area (Å²) in [6, 6.07) is 12.4. The lowest BCUT2D eigenvalue weighted by molar-refractivity contribution is 0.538. The third-order valence-electron chi connectivity index (χ3n) is 4.17. The van der Waals surface area contributed by atoms with E-state index in [1.165, 1.54) is 5.56 Å². The molecule has 0 aliphatic carbocycles. The molecule has 5 heteroatoms. The largest absolute Gasteiger partial charge is 0.315 e. The summed E-state index contributed by atoms with van der Waals surface area (Å²) in [5.74, 6) is 1.06. The van der Waals surface area contributed by atoms with Crippen LogP contribution >= 0.6 is 11.6 Å². The third kappa shape index (κ3) is 2.49. The first-order valence-corrected chi connectivity index (χ1v) is 7.96. The number of hydrogen-bond donors (Lipinski definition) is 1. The lowest BCUT2D eigenvalue weighted by Crippen LogP contribution is -2.16. The Morgan fingerprint density at radius 3 is 3.05 bits per heavy atom. The standard InChI is InChI=1S/C17H17ClN4/c18-13-4-1-3-12(9-13)10-16-21-15-5-2-7-20-17(15)22(16)14-6-8-19-11-14/h1-5,7,9,14,19H,6,8,10-11H2. The molecule has 1 fully saturated rings. The number of imidazole rings is 1. The summed E-state index contributed by atoms with van der Waals surface area (Å²) in [6.07, 6.45) is 3.73. The van der Waals surface area contributed by atoms with E-state index >= 15 is 0 Å². The molecule has 1 aliphatic rings. The van der Waals surface area contributed by atoms with Crippen LogP contribution in [0.3, 0.4) is 0 Å². The van der Waals surface area contributed by atoms with Crippen molar-refractivity contribution in [3.05, 3.63) is 59.0 Å². The molecule has 0 bridgehead atoms. The van der Waals surface area contributed by atoms with Gasteiger partial charge in [0.05, 0.1) is 6.04 Å². The second-order valence-corrected chi connectivity index (χ2v) is 6.13. The molecule has 0 saturated carbocycles. The van der Waals surface area contributed by atoms with E-state index in [9.17, 15) is 0 Å². The van der Waals surface area contributed by atoms with Crippen molar-refractivity contribution in [2.75, 3.05) is 13.1 Å². The van der Waals surface area contributed by atoms with Crippen LogP contribution in [0.2, 0.25) is 5.02 Å². The fraction of sp³-hybridized carbons (Fsp3) is 0.294. The van der Waals surface area contributed by atoms with E-state index in [-0.39, 0.29) is 0 Å². The minimum atomic E-state index is 0.425. The molecule has 1 unspecified atom stereocenters. The molecule has 3 aromatic rings. The summed E-state index contributed by atoms with van der Waals surface area (Å²) in [5, 5.41) is 4.19. The number of hydrogen-bond acceptors (Lipinski definition) is 3. The molecule has 0 amide bonds. The van der Waals surface area contributed by atoms with Crippen LogP contribution < -0.4 is 5.32 Å². The van der Waals surface area contributed by atoms with Gasteiger partial charge in [-0.25, -0.2) is 9.97 Å². The third-order valence-corrected chi connectivity index (χ3v) is 4.41. The van der Waals surface area contributed by atoms with Crippen molar-refractivity contribution < 1.29 is 0 Å². The van der Waals surface area contributed by atoms with Gasteiger partial charge in [0.25, 0.3) is 0 Å². The molecule has 112 valence electrons. The Kier molecular flexibility index (Phi) is 3.56. The van der Waals surface area contributed by atoms with Gasteiger partial charge in [-0.15, -0.1) is 0 Å². The molecule has 1 aromatic carbocycles. The molecule has 2 aromatic heterocycles. The molecule has 0 spiro atoms. The van der Waals surface area contributed by atoms with Crippen LogP contribution in [-0.4, -0.2) is 27.6 Å². The van der Waals surface area contributed by atoms with E-state index < -0.39 is 0 Å². The lowest BCUT2D eigenvalue weighted by Gasteiger charge is -2.15. The maximum absolute atomic E-state index is 6.11. The molecule has 1 atom stereocenters. The lowest BCUT2D eigenvalue weighted by atomic mass is 10.1. The van der Waals surface area contributed by atoms with Gasteiger partial charge in [0.1, 0.15) is 11.3 Å². The predicted octanol–water partition coefficient (Wildman–Crippen LogP) is 3.21. The summed E-state index contributed by atoms with van der Waals surface area (Å²) in [6.45, 7) is 2.03. The molecule has 4 nitrogen and oxygen atoms in total. The Morgan fingerprint density at radius 2 is 2.23 bits per heavy atom. The first-order valence-electron chi connectivity index (χ1n) is 7.58. The van der Waals surface area contributed by atoms with Crippen LogP contribution in [0, 0.1) is 0 Å². The first-order chi connectivity index (χ1) is 10.8. The summed E-state index contributed by atoms with van der Waals surface area (Å²) in [4.78, 5) is 9.36. The average Bonchev–Trinajstić information content (AvgIpc) is 3.13. The number of halogens is 1. The monoisotopic (exact) mass is 312 g/mol. The van der Waals surface area contributed by atoms with E-state index in [4.69, 9.17) is 16.6 Å². The van der Waals surface area contributed by atoms with E-state index in [0.717, 1.165) is 47.9 Å². The van der Waals surface area contributed by atoms with Crippen molar-refractivity contribution >= 4 is 22.8 Å². The van der Waals surface area contributed by atoms with Gasteiger partial charge < -0.3 is 9.88 Å². The fourth-order valence-corrected chi connectivity index (χ4v) is 3.39. The molecule has 3 heterocycles. The van der Waals surface area contributed by atoms with Gasteiger partial charge in [-0.3, -0.25) is 0 Å². The molecule has 1 aliphatic heterocycles. The highest BCUT2D eigenvalue weighted by atomic mass is 35.5. The Labute approximate surface area is 134 Å². The maximum atomic E-state index is 6.11. The van der Waals surface area contributed by atoms with Crippen molar-refractivity contribution in [2.24, 2.45) is 0 Å². The molecule has 1 saturated heterocycles. The topological polar surface area (TPSA) is 42.7 Å². The van der Waals surface area contributed by atoms with Crippen LogP contribution in [0.25, 0.3) is 11.2 Å². The van der Waals surface area contributed by atoms with Crippen LogP contribution in [0.15, 0.2) is 42.6 Å². The van der Waals surface area contributed by atoms with Crippen LogP contribution in [0.1, 0.15) is 23.9 Å². The fourth-order valence-electron chi connectivity index (χ4n) is 3.17. The van der Waals surface area contributed by atoms with Gasteiger partial charge >= 0.3 is 0 Å². The van der Waals surface area contributed by atoms with Crippen LogP contribution in [-0.2, 0) is 6.42 Å². The number of nitrogens with one attached hydrogen (secondary N) is 1. The van der Waals surface area contributed by atoms with Crippen molar-refractivity contribution in [1.29, 1.82) is 0 Å². The molecule has 1 N–H and O–H groups in total. The van der Waals surface area contributed by atoms with Gasteiger partial charge in [0.15, 0.2) is 5.65 Å². The highest BCUT2D eigenvalue weighted by Crippen LogP contribution is 2.25. The Hall–Kier alpha value is -1.91. The normalized spacial score (nSPS) is 18.1. The van der Waals surface area contributed by atoms with E-state index in [2.05, 4.69) is 20.9 Å². The quantitative estimate of drug-likeness (QED) is 0.807. The smallest absolute Gasteiger partial charge is 0.160 e. The summed E-state index contributed by atoms with van der Waals surface area (Å²) < 4.78 is 2.30. The van der Waals surface area contributed by atoms with Gasteiger partial charge in [0, 0.05) is 24.2 Å². The minimum absolute atomic E-state index is 0.425. The van der Waals surface area contributed by atoms with Gasteiger partial charge in [0.2, 0.25) is 0 Å². The number of fused-ring (bicyclic) bond motifs is 1. The van der Waals surface area contributed by atoms with Crippen molar-refractivity contribution in [2.45, 2.75) is 18.9 Å². The van der Waals surface area contributed by atoms with Crippen molar-refractivity contribution in [3.8, 4) is 0 Å². The number of pyridine rings is 1. The minimum Gasteiger partial charge on any atom is -0.315 e. The van der Waals surface area contributed by atoms with Gasteiger partial charge in [-0.1, -0.05) is 23.7 Å². The summed E-state index contributed by atoms with van der Waals surface area (Å²) >= 11 is 6.11.